The van der Waals surface area contributed by atoms with E-state index in [1.807, 2.05) is 10.9 Å². The molecule has 0 bridgehead atoms. The van der Waals surface area contributed by atoms with E-state index < -0.39 is 0 Å². The van der Waals surface area contributed by atoms with Crippen LogP contribution < -0.4 is 5.73 Å². The SMILES string of the molecule is CCCn1cc(C(CN)N(C)CC2CCCN2CC)cn1. The Labute approximate surface area is 129 Å². The average Bonchev–Trinajstić information content (AvgIpc) is 3.09. The van der Waals surface area contributed by atoms with Crippen molar-refractivity contribution in [2.24, 2.45) is 5.73 Å². The van der Waals surface area contributed by atoms with Crippen LogP contribution >= 0.6 is 0 Å². The molecule has 2 N–H and O–H groups in total. The first-order valence-electron chi connectivity index (χ1n) is 8.36. The molecule has 120 valence electrons. The smallest absolute Gasteiger partial charge is 0.0538 e. The minimum Gasteiger partial charge on any atom is -0.329 e. The number of hydrogen-bond acceptors (Lipinski definition) is 4. The molecule has 2 heterocycles. The van der Waals surface area contributed by atoms with Crippen LogP contribution in [0.2, 0.25) is 0 Å². The molecular formula is C16H31N5. The van der Waals surface area contributed by atoms with Crippen LogP contribution in [-0.4, -0.2) is 58.8 Å². The molecule has 0 spiro atoms. The zero-order valence-corrected chi connectivity index (χ0v) is 13.8. The van der Waals surface area contributed by atoms with E-state index in [1.54, 1.807) is 0 Å². The molecule has 1 aliphatic heterocycles. The van der Waals surface area contributed by atoms with Gasteiger partial charge < -0.3 is 5.73 Å². The van der Waals surface area contributed by atoms with Crippen LogP contribution in [0.1, 0.15) is 44.7 Å². The zero-order chi connectivity index (χ0) is 15.2. The summed E-state index contributed by atoms with van der Waals surface area (Å²) in [4.78, 5) is 5.00. The number of nitrogens with two attached hydrogens (primary N) is 1. The fraction of sp³-hybridized carbons (Fsp3) is 0.812. The minimum atomic E-state index is 0.273. The van der Waals surface area contributed by atoms with Gasteiger partial charge in [-0.3, -0.25) is 14.5 Å². The molecule has 1 aliphatic rings. The molecule has 0 aliphatic carbocycles. The summed E-state index contributed by atoms with van der Waals surface area (Å²) in [6, 6.07) is 0.953. The number of hydrogen-bond donors (Lipinski definition) is 1. The van der Waals surface area contributed by atoms with E-state index in [9.17, 15) is 0 Å². The maximum absolute atomic E-state index is 6.04. The topological polar surface area (TPSA) is 50.3 Å². The van der Waals surface area contributed by atoms with Crippen molar-refractivity contribution < 1.29 is 0 Å². The molecule has 0 amide bonds. The van der Waals surface area contributed by atoms with E-state index in [2.05, 4.69) is 42.0 Å². The molecule has 2 unspecified atom stereocenters. The monoisotopic (exact) mass is 293 g/mol. The molecule has 2 atom stereocenters. The van der Waals surface area contributed by atoms with Crippen molar-refractivity contribution in [2.45, 2.75) is 51.7 Å². The van der Waals surface area contributed by atoms with Crippen molar-refractivity contribution in [3.8, 4) is 0 Å². The molecule has 0 aromatic carbocycles. The Balaban J connectivity index is 1.98. The summed E-state index contributed by atoms with van der Waals surface area (Å²) in [7, 11) is 2.20. The van der Waals surface area contributed by atoms with Gasteiger partial charge in [-0.25, -0.2) is 0 Å². The minimum absolute atomic E-state index is 0.273. The van der Waals surface area contributed by atoms with E-state index in [-0.39, 0.29) is 6.04 Å². The van der Waals surface area contributed by atoms with E-state index in [0.717, 1.165) is 26.1 Å². The predicted molar refractivity (Wildman–Crippen MR) is 87.2 cm³/mol. The maximum Gasteiger partial charge on any atom is 0.0538 e. The number of rotatable bonds is 8. The Bertz CT molecular complexity index is 417. The molecule has 21 heavy (non-hydrogen) atoms. The van der Waals surface area contributed by atoms with Gasteiger partial charge in [-0.1, -0.05) is 13.8 Å². The van der Waals surface area contributed by atoms with Gasteiger partial charge in [0.2, 0.25) is 0 Å². The van der Waals surface area contributed by atoms with Crippen molar-refractivity contribution in [1.82, 2.24) is 19.6 Å². The van der Waals surface area contributed by atoms with Gasteiger partial charge in [-0.15, -0.1) is 0 Å². The highest BCUT2D eigenvalue weighted by Gasteiger charge is 2.27. The van der Waals surface area contributed by atoms with Gasteiger partial charge in [0.1, 0.15) is 0 Å². The summed E-state index contributed by atoms with van der Waals surface area (Å²) in [5, 5.41) is 4.44. The van der Waals surface area contributed by atoms with Gasteiger partial charge in [-0.2, -0.15) is 5.10 Å². The second kappa shape index (κ2) is 7.92. The maximum atomic E-state index is 6.04. The quantitative estimate of drug-likeness (QED) is 0.793. The second-order valence-electron chi connectivity index (χ2n) is 6.15. The van der Waals surface area contributed by atoms with Gasteiger partial charge in [0, 0.05) is 43.5 Å². The number of likely N-dealkylation sites (N-methyl/N-ethyl adjacent to an activating group) is 2. The third-order valence-corrected chi connectivity index (χ3v) is 4.65. The van der Waals surface area contributed by atoms with E-state index in [4.69, 9.17) is 5.73 Å². The third kappa shape index (κ3) is 4.05. The van der Waals surface area contributed by atoms with Crippen LogP contribution in [0.15, 0.2) is 12.4 Å². The van der Waals surface area contributed by atoms with Gasteiger partial charge in [0.05, 0.1) is 6.20 Å². The number of aryl methyl sites for hydroxylation is 1. The van der Waals surface area contributed by atoms with Gasteiger partial charge in [0.25, 0.3) is 0 Å². The lowest BCUT2D eigenvalue weighted by atomic mass is 10.1. The molecule has 1 fully saturated rings. The molecular weight excluding hydrogens is 262 g/mol. The van der Waals surface area contributed by atoms with E-state index in [1.165, 1.54) is 24.9 Å². The van der Waals surface area contributed by atoms with Crippen LogP contribution in [0.25, 0.3) is 0 Å². The van der Waals surface area contributed by atoms with Gasteiger partial charge >= 0.3 is 0 Å². The average molecular weight is 293 g/mol. The number of aromatic nitrogens is 2. The Morgan fingerprint density at radius 2 is 2.29 bits per heavy atom. The van der Waals surface area contributed by atoms with Crippen molar-refractivity contribution in [3.63, 3.8) is 0 Å². The first-order chi connectivity index (χ1) is 10.2. The number of likely N-dealkylation sites (tertiary alicyclic amines) is 1. The summed E-state index contributed by atoms with van der Waals surface area (Å²) in [6.45, 7) is 9.55. The molecule has 5 heteroatoms. The lowest BCUT2D eigenvalue weighted by molar-refractivity contribution is 0.166. The van der Waals surface area contributed by atoms with Crippen LogP contribution in [0.5, 0.6) is 0 Å². The van der Waals surface area contributed by atoms with Crippen LogP contribution in [0, 0.1) is 0 Å². The lowest BCUT2D eigenvalue weighted by Crippen LogP contribution is -2.41. The van der Waals surface area contributed by atoms with E-state index in [0.29, 0.717) is 12.6 Å². The molecule has 5 nitrogen and oxygen atoms in total. The van der Waals surface area contributed by atoms with Crippen molar-refractivity contribution in [3.05, 3.63) is 18.0 Å². The molecule has 1 aromatic rings. The Morgan fingerprint density at radius 1 is 1.48 bits per heavy atom. The Hall–Kier alpha value is -0.910. The first kappa shape index (κ1) is 16.5. The lowest BCUT2D eigenvalue weighted by Gasteiger charge is -2.32. The van der Waals surface area contributed by atoms with Crippen molar-refractivity contribution >= 4 is 0 Å². The standard InChI is InChI=1S/C16H31N5/c1-4-8-21-12-14(11-18-21)16(10-17)19(3)13-15-7-6-9-20(15)5-2/h11-12,15-16H,4-10,13,17H2,1-3H3. The Morgan fingerprint density at radius 3 is 2.95 bits per heavy atom. The fourth-order valence-electron chi connectivity index (χ4n) is 3.45. The fourth-order valence-corrected chi connectivity index (χ4v) is 3.45. The molecule has 0 radical (unpaired) electrons. The predicted octanol–water partition coefficient (Wildman–Crippen LogP) is 1.71. The normalized spacial score (nSPS) is 21.3. The third-order valence-electron chi connectivity index (χ3n) is 4.65. The van der Waals surface area contributed by atoms with Gasteiger partial charge in [-0.05, 0) is 39.4 Å². The molecule has 1 saturated heterocycles. The molecule has 0 saturated carbocycles. The van der Waals surface area contributed by atoms with Crippen molar-refractivity contribution in [1.29, 1.82) is 0 Å². The Kier molecular flexibility index (Phi) is 6.21. The molecule has 1 aromatic heterocycles. The number of nitrogens with zero attached hydrogens (tertiary/aromatic N) is 4. The van der Waals surface area contributed by atoms with Gasteiger partial charge in [0.15, 0.2) is 0 Å². The highest BCUT2D eigenvalue weighted by Crippen LogP contribution is 2.22. The highest BCUT2D eigenvalue weighted by molar-refractivity contribution is 5.11. The van der Waals surface area contributed by atoms with Crippen molar-refractivity contribution in [2.75, 3.05) is 33.2 Å². The van der Waals surface area contributed by atoms with Crippen LogP contribution in [0.4, 0.5) is 0 Å². The van der Waals surface area contributed by atoms with Crippen LogP contribution in [-0.2, 0) is 6.54 Å². The first-order valence-corrected chi connectivity index (χ1v) is 8.36. The van der Waals surface area contributed by atoms with Crippen LogP contribution in [0.3, 0.4) is 0 Å². The largest absolute Gasteiger partial charge is 0.329 e. The highest BCUT2D eigenvalue weighted by atomic mass is 15.3. The molecule has 2 rings (SSSR count). The summed E-state index contributed by atoms with van der Waals surface area (Å²) in [5.41, 5.74) is 7.28. The summed E-state index contributed by atoms with van der Waals surface area (Å²) in [5.74, 6) is 0. The summed E-state index contributed by atoms with van der Waals surface area (Å²) >= 11 is 0. The zero-order valence-electron chi connectivity index (χ0n) is 13.8. The summed E-state index contributed by atoms with van der Waals surface area (Å²) in [6.07, 6.45) is 7.89. The van der Waals surface area contributed by atoms with E-state index >= 15 is 0 Å². The second-order valence-corrected chi connectivity index (χ2v) is 6.15. The summed E-state index contributed by atoms with van der Waals surface area (Å²) < 4.78 is 2.03.